The Balaban J connectivity index is 1.81. The largest absolute Gasteiger partial charge is 0.479 e. The van der Waals surface area contributed by atoms with Gasteiger partial charge < -0.3 is 14.9 Å². The number of aliphatic hydroxyl groups excluding tert-OH is 1. The van der Waals surface area contributed by atoms with Crippen molar-refractivity contribution in [3.8, 4) is 0 Å². The van der Waals surface area contributed by atoms with E-state index < -0.39 is 28.7 Å². The maximum Gasteiger partial charge on any atom is 0.425 e. The van der Waals surface area contributed by atoms with Crippen LogP contribution in [0.15, 0.2) is 6.07 Å². The Bertz CT molecular complexity index is 662. The number of carboxylic acids is 1. The fourth-order valence-corrected chi connectivity index (χ4v) is 4.98. The second kappa shape index (κ2) is 6.53. The van der Waals surface area contributed by atoms with Crippen molar-refractivity contribution in [2.75, 3.05) is 19.7 Å². The van der Waals surface area contributed by atoms with Crippen molar-refractivity contribution in [2.24, 2.45) is 0 Å². The molecule has 0 amide bonds. The van der Waals surface area contributed by atoms with E-state index in [2.05, 4.69) is 0 Å². The summed E-state index contributed by atoms with van der Waals surface area (Å²) in [6, 6.07) is 1.13. The van der Waals surface area contributed by atoms with Gasteiger partial charge in [-0.3, -0.25) is 4.90 Å². The quantitative estimate of drug-likeness (QED) is 0.844. The maximum absolute atomic E-state index is 13.1. The fourth-order valence-electron chi connectivity index (χ4n) is 3.72. The van der Waals surface area contributed by atoms with Gasteiger partial charge in [0.2, 0.25) is 0 Å². The molecular weight excluding hydrogens is 359 g/mol. The number of carbonyl (C=O) groups is 1. The van der Waals surface area contributed by atoms with E-state index in [1.807, 2.05) is 11.8 Å². The lowest BCUT2D eigenvalue weighted by molar-refractivity contribution is -0.150. The third-order valence-corrected chi connectivity index (χ3v) is 6.40. The lowest BCUT2D eigenvalue weighted by atomic mass is 9.82. The van der Waals surface area contributed by atoms with Gasteiger partial charge in [0, 0.05) is 24.0 Å². The van der Waals surface area contributed by atoms with Crippen LogP contribution in [0.25, 0.3) is 0 Å². The summed E-state index contributed by atoms with van der Waals surface area (Å²) < 4.78 is 45.2. The smallest absolute Gasteiger partial charge is 0.425 e. The minimum absolute atomic E-state index is 0.00230. The van der Waals surface area contributed by atoms with Gasteiger partial charge >= 0.3 is 12.1 Å². The zero-order chi connectivity index (χ0) is 18.4. The first-order chi connectivity index (χ1) is 11.6. The van der Waals surface area contributed by atoms with E-state index in [0.717, 1.165) is 11.3 Å². The van der Waals surface area contributed by atoms with Crippen molar-refractivity contribution in [1.29, 1.82) is 0 Å². The van der Waals surface area contributed by atoms with E-state index in [1.165, 1.54) is 6.07 Å². The molecule has 1 aromatic rings. The molecule has 1 aromatic heterocycles. The number of halogens is 3. The predicted octanol–water partition coefficient (Wildman–Crippen LogP) is 2.46. The Morgan fingerprint density at radius 1 is 1.56 bits per heavy atom. The van der Waals surface area contributed by atoms with Crippen molar-refractivity contribution in [2.45, 2.75) is 50.1 Å². The second-order valence-corrected chi connectivity index (χ2v) is 7.76. The third kappa shape index (κ3) is 3.55. The lowest BCUT2D eigenvalue weighted by Crippen LogP contribution is -2.52. The number of aliphatic carboxylic acids is 1. The summed E-state index contributed by atoms with van der Waals surface area (Å²) in [7, 11) is 0. The molecule has 0 radical (unpaired) electrons. The van der Waals surface area contributed by atoms with E-state index in [0.29, 0.717) is 42.9 Å². The lowest BCUT2D eigenvalue weighted by Gasteiger charge is -2.47. The third-order valence-electron chi connectivity index (χ3n) is 5.00. The Morgan fingerprint density at radius 3 is 2.88 bits per heavy atom. The summed E-state index contributed by atoms with van der Waals surface area (Å²) in [6.07, 6.45) is -4.41. The first-order valence-corrected chi connectivity index (χ1v) is 8.93. The molecule has 9 heteroatoms. The molecule has 1 saturated heterocycles. The highest BCUT2D eigenvalue weighted by molar-refractivity contribution is 7.12. The average molecular weight is 379 g/mol. The van der Waals surface area contributed by atoms with Crippen LogP contribution in [-0.4, -0.2) is 52.9 Å². The van der Waals surface area contributed by atoms with E-state index >= 15 is 0 Å². The van der Waals surface area contributed by atoms with Gasteiger partial charge in [-0.25, -0.2) is 4.79 Å². The highest BCUT2D eigenvalue weighted by Crippen LogP contribution is 2.49. The summed E-state index contributed by atoms with van der Waals surface area (Å²) in [5.41, 5.74) is -0.0407. The van der Waals surface area contributed by atoms with Crippen molar-refractivity contribution in [3.63, 3.8) is 0 Å². The molecule has 0 aromatic carbocycles. The van der Waals surface area contributed by atoms with Crippen LogP contribution in [0.3, 0.4) is 0 Å². The van der Waals surface area contributed by atoms with Crippen LogP contribution < -0.4 is 0 Å². The molecule has 3 rings (SSSR count). The van der Waals surface area contributed by atoms with Gasteiger partial charge in [-0.15, -0.1) is 11.3 Å². The van der Waals surface area contributed by atoms with Crippen molar-refractivity contribution in [1.82, 2.24) is 4.90 Å². The van der Waals surface area contributed by atoms with Crippen molar-refractivity contribution in [3.05, 3.63) is 21.4 Å². The summed E-state index contributed by atoms with van der Waals surface area (Å²) >= 11 is 0.758. The van der Waals surface area contributed by atoms with Crippen LogP contribution in [0.2, 0.25) is 0 Å². The Kier molecular flexibility index (Phi) is 4.87. The highest BCUT2D eigenvalue weighted by Gasteiger charge is 2.47. The van der Waals surface area contributed by atoms with Crippen molar-refractivity contribution < 1.29 is 32.9 Å². The van der Waals surface area contributed by atoms with Gasteiger partial charge in [0.25, 0.3) is 0 Å². The van der Waals surface area contributed by atoms with Crippen LogP contribution in [0.5, 0.6) is 0 Å². The number of piperidine rings is 1. The zero-order valence-corrected chi connectivity index (χ0v) is 14.5. The van der Waals surface area contributed by atoms with Crippen LogP contribution in [0, 0.1) is 0 Å². The maximum atomic E-state index is 13.1. The zero-order valence-electron chi connectivity index (χ0n) is 13.7. The van der Waals surface area contributed by atoms with Gasteiger partial charge in [0.15, 0.2) is 6.10 Å². The number of thiophene rings is 1. The molecule has 0 bridgehead atoms. The molecule has 2 aliphatic heterocycles. The number of alkyl halides is 3. The molecule has 1 unspecified atom stereocenters. The standard InChI is InChI=1S/C16H20F3NO4S/c1-9-7-15(3-4-20(9)8-11(21)14(22)23)13-10(2-5-24-15)6-12(25-13)16(17,18)19/h6,9,11,21H,2-5,7-8H2,1H3,(H,22,23)/t9-,11?,15+/m0/s1. The fraction of sp³-hybridized carbons (Fsp3) is 0.688. The Hall–Kier alpha value is -1.16. The number of hydrogen-bond acceptors (Lipinski definition) is 5. The summed E-state index contributed by atoms with van der Waals surface area (Å²) in [5, 5.41) is 18.4. The molecular formula is C16H20F3NO4S. The number of β-amino-alcohol motifs (C(OH)–C–C–N with tert-alkyl or cyclic N) is 1. The number of ether oxygens (including phenoxy) is 1. The molecule has 140 valence electrons. The number of rotatable bonds is 3. The molecule has 3 heterocycles. The van der Waals surface area contributed by atoms with Gasteiger partial charge in [-0.1, -0.05) is 0 Å². The molecule has 1 spiro atoms. The highest BCUT2D eigenvalue weighted by atomic mass is 32.1. The SMILES string of the molecule is C[C@H]1C[C@@]2(CCN1CC(O)C(=O)O)OCCc1cc(C(F)(F)F)sc12. The van der Waals surface area contributed by atoms with Crippen LogP contribution in [0.1, 0.15) is 35.1 Å². The Morgan fingerprint density at radius 2 is 2.28 bits per heavy atom. The van der Waals surface area contributed by atoms with Crippen LogP contribution >= 0.6 is 11.3 Å². The van der Waals surface area contributed by atoms with Crippen LogP contribution in [-0.2, 0) is 27.7 Å². The molecule has 2 aliphatic rings. The predicted molar refractivity (Wildman–Crippen MR) is 84.6 cm³/mol. The first-order valence-electron chi connectivity index (χ1n) is 8.12. The number of hydrogen-bond donors (Lipinski definition) is 2. The monoisotopic (exact) mass is 379 g/mol. The normalized spacial score (nSPS) is 28.8. The van der Waals surface area contributed by atoms with Gasteiger partial charge in [0.05, 0.1) is 6.61 Å². The molecule has 5 nitrogen and oxygen atoms in total. The minimum Gasteiger partial charge on any atom is -0.479 e. The topological polar surface area (TPSA) is 70.0 Å². The molecule has 1 fully saturated rings. The molecule has 3 atom stereocenters. The second-order valence-electron chi connectivity index (χ2n) is 6.71. The van der Waals surface area contributed by atoms with E-state index in [-0.39, 0.29) is 12.6 Å². The average Bonchev–Trinajstić information content (AvgIpc) is 2.96. The van der Waals surface area contributed by atoms with Crippen LogP contribution in [0.4, 0.5) is 13.2 Å². The van der Waals surface area contributed by atoms with Gasteiger partial charge in [0.1, 0.15) is 10.5 Å². The molecule has 0 aliphatic carbocycles. The van der Waals surface area contributed by atoms with Gasteiger partial charge in [-0.05, 0) is 37.8 Å². The Labute approximate surface area is 147 Å². The minimum atomic E-state index is -4.36. The number of nitrogens with zero attached hydrogens (tertiary/aromatic N) is 1. The van der Waals surface area contributed by atoms with E-state index in [1.54, 1.807) is 0 Å². The summed E-state index contributed by atoms with van der Waals surface area (Å²) in [6.45, 7) is 2.72. The molecule has 0 saturated carbocycles. The number of likely N-dealkylation sites (tertiary alicyclic amines) is 1. The first kappa shape index (κ1) is 18.6. The van der Waals surface area contributed by atoms with Gasteiger partial charge in [-0.2, -0.15) is 13.2 Å². The molecule has 2 N–H and O–H groups in total. The molecule has 25 heavy (non-hydrogen) atoms. The van der Waals surface area contributed by atoms with E-state index in [9.17, 15) is 23.1 Å². The number of fused-ring (bicyclic) bond motifs is 2. The number of carboxylic acid groups (broad SMARTS) is 1. The van der Waals surface area contributed by atoms with E-state index in [4.69, 9.17) is 9.84 Å². The summed E-state index contributed by atoms with van der Waals surface area (Å²) in [5.74, 6) is -1.28. The summed E-state index contributed by atoms with van der Waals surface area (Å²) in [4.78, 5) is 12.7. The van der Waals surface area contributed by atoms with Crippen molar-refractivity contribution >= 4 is 17.3 Å². The number of aliphatic hydroxyl groups is 1.